The Bertz CT molecular complexity index is 503. The predicted molar refractivity (Wildman–Crippen MR) is 75.3 cm³/mol. The summed E-state index contributed by atoms with van der Waals surface area (Å²) < 4.78 is 0. The van der Waals surface area contributed by atoms with Crippen molar-refractivity contribution in [3.05, 3.63) is 35.4 Å². The molecule has 0 spiro atoms. The molecule has 1 aliphatic carbocycles. The van der Waals surface area contributed by atoms with E-state index in [-0.39, 0.29) is 11.5 Å². The van der Waals surface area contributed by atoms with Crippen LogP contribution in [0.2, 0.25) is 0 Å². The zero-order chi connectivity index (χ0) is 12.9. The average Bonchev–Trinajstić information content (AvgIpc) is 2.59. The Morgan fingerprint density at radius 1 is 1.05 bits per heavy atom. The van der Waals surface area contributed by atoms with Gasteiger partial charge in [0.1, 0.15) is 0 Å². The largest absolute Gasteiger partial charge is 0.387 e. The molecule has 2 aliphatic heterocycles. The summed E-state index contributed by atoms with van der Waals surface area (Å²) in [5, 5.41) is 18.5. The second-order valence-corrected chi connectivity index (χ2v) is 6.37. The third-order valence-electron chi connectivity index (χ3n) is 5.72. The lowest BCUT2D eigenvalue weighted by molar-refractivity contribution is -0.102. The fourth-order valence-electron chi connectivity index (χ4n) is 4.77. The Morgan fingerprint density at radius 3 is 2.79 bits per heavy atom. The molecule has 2 heterocycles. The van der Waals surface area contributed by atoms with E-state index in [2.05, 4.69) is 34.9 Å². The third kappa shape index (κ3) is 1.44. The molecule has 1 aromatic rings. The summed E-state index contributed by atoms with van der Waals surface area (Å²) in [6.45, 7) is 2.98. The summed E-state index contributed by atoms with van der Waals surface area (Å²) in [6, 6.07) is 8.98. The lowest BCUT2D eigenvalue weighted by atomic mass is 9.53. The van der Waals surface area contributed by atoms with Crippen LogP contribution >= 0.6 is 0 Å². The maximum atomic E-state index is 11.5. The van der Waals surface area contributed by atoms with Crippen LogP contribution in [0.5, 0.6) is 0 Å². The number of hydrogen-bond acceptors (Lipinski definition) is 3. The minimum atomic E-state index is -0.580. The Hall–Kier alpha value is -0.900. The van der Waals surface area contributed by atoms with Gasteiger partial charge in [0.25, 0.3) is 0 Å². The van der Waals surface area contributed by atoms with Gasteiger partial charge in [0, 0.05) is 11.5 Å². The molecular formula is C16H22N2O. The highest BCUT2D eigenvalue weighted by molar-refractivity contribution is 5.44. The molecule has 2 bridgehead atoms. The first-order chi connectivity index (χ1) is 9.26. The summed E-state index contributed by atoms with van der Waals surface area (Å²) >= 11 is 0. The first-order valence-corrected chi connectivity index (χ1v) is 7.51. The van der Waals surface area contributed by atoms with Gasteiger partial charge in [0.15, 0.2) is 0 Å². The van der Waals surface area contributed by atoms with Crippen molar-refractivity contribution in [1.29, 1.82) is 0 Å². The smallest absolute Gasteiger partial charge is 0.0912 e. The zero-order valence-corrected chi connectivity index (χ0v) is 11.3. The van der Waals surface area contributed by atoms with Gasteiger partial charge in [0.2, 0.25) is 0 Å². The van der Waals surface area contributed by atoms with Crippen molar-refractivity contribution in [3.63, 3.8) is 0 Å². The van der Waals surface area contributed by atoms with E-state index in [0.29, 0.717) is 0 Å². The predicted octanol–water partition coefficient (Wildman–Crippen LogP) is 0.957. The lowest BCUT2D eigenvalue weighted by Crippen LogP contribution is -2.70. The number of benzene rings is 1. The van der Waals surface area contributed by atoms with Crippen molar-refractivity contribution in [2.24, 2.45) is 0 Å². The van der Waals surface area contributed by atoms with Crippen LogP contribution in [0.4, 0.5) is 0 Å². The van der Waals surface area contributed by atoms with Crippen molar-refractivity contribution in [1.82, 2.24) is 10.6 Å². The van der Waals surface area contributed by atoms with Crippen molar-refractivity contribution in [3.8, 4) is 0 Å². The van der Waals surface area contributed by atoms with E-state index in [4.69, 9.17) is 0 Å². The highest BCUT2D eigenvalue weighted by Crippen LogP contribution is 2.52. The Kier molecular flexibility index (Phi) is 2.53. The normalized spacial score (nSPS) is 41.0. The quantitative estimate of drug-likeness (QED) is 0.649. The van der Waals surface area contributed by atoms with Gasteiger partial charge in [-0.05, 0) is 56.4 Å². The minimum Gasteiger partial charge on any atom is -0.387 e. The molecule has 0 radical (unpaired) electrons. The van der Waals surface area contributed by atoms with E-state index in [1.54, 1.807) is 0 Å². The molecule has 19 heavy (non-hydrogen) atoms. The summed E-state index contributed by atoms with van der Waals surface area (Å²) in [5.74, 6) is 0. The fraction of sp³-hybridized carbons (Fsp3) is 0.625. The van der Waals surface area contributed by atoms with Gasteiger partial charge in [-0.25, -0.2) is 0 Å². The van der Waals surface area contributed by atoms with Gasteiger partial charge < -0.3 is 15.7 Å². The molecule has 102 valence electrons. The van der Waals surface area contributed by atoms with Gasteiger partial charge in [-0.15, -0.1) is 0 Å². The summed E-state index contributed by atoms with van der Waals surface area (Å²) in [7, 11) is 0. The van der Waals surface area contributed by atoms with Crippen LogP contribution in [0.15, 0.2) is 24.3 Å². The van der Waals surface area contributed by atoms with E-state index in [1.807, 2.05) is 0 Å². The molecule has 1 aromatic carbocycles. The van der Waals surface area contributed by atoms with Crippen LogP contribution in [0, 0.1) is 0 Å². The molecule has 2 fully saturated rings. The molecular weight excluding hydrogens is 236 g/mol. The SMILES string of the molecule is OC12CCNCCC13CCNC2Cc1ccccc13. The first kappa shape index (κ1) is 11.9. The maximum Gasteiger partial charge on any atom is 0.0912 e. The topological polar surface area (TPSA) is 44.3 Å². The Morgan fingerprint density at radius 2 is 1.84 bits per heavy atom. The lowest BCUT2D eigenvalue weighted by Gasteiger charge is -2.58. The van der Waals surface area contributed by atoms with Gasteiger partial charge in [0.05, 0.1) is 5.60 Å². The number of piperidine rings is 1. The molecule has 3 heteroatoms. The van der Waals surface area contributed by atoms with Crippen LogP contribution in [-0.4, -0.2) is 36.4 Å². The second-order valence-electron chi connectivity index (χ2n) is 6.37. The van der Waals surface area contributed by atoms with Crippen LogP contribution in [0.3, 0.4) is 0 Å². The Labute approximate surface area is 114 Å². The monoisotopic (exact) mass is 258 g/mol. The van der Waals surface area contributed by atoms with Crippen LogP contribution in [-0.2, 0) is 11.8 Å². The highest BCUT2D eigenvalue weighted by atomic mass is 16.3. The molecule has 4 rings (SSSR count). The third-order valence-corrected chi connectivity index (χ3v) is 5.72. The molecule has 3 N–H and O–H groups in total. The molecule has 3 nitrogen and oxygen atoms in total. The van der Waals surface area contributed by atoms with E-state index in [0.717, 1.165) is 45.3 Å². The van der Waals surface area contributed by atoms with Crippen molar-refractivity contribution in [2.45, 2.75) is 42.7 Å². The van der Waals surface area contributed by atoms with E-state index in [1.165, 1.54) is 11.1 Å². The highest BCUT2D eigenvalue weighted by Gasteiger charge is 2.60. The van der Waals surface area contributed by atoms with Crippen molar-refractivity contribution in [2.75, 3.05) is 19.6 Å². The molecule has 0 saturated carbocycles. The second kappa shape index (κ2) is 4.05. The van der Waals surface area contributed by atoms with Gasteiger partial charge in [-0.1, -0.05) is 24.3 Å². The molecule has 0 amide bonds. The Balaban J connectivity index is 1.95. The van der Waals surface area contributed by atoms with Crippen LogP contribution < -0.4 is 10.6 Å². The standard InChI is InChI=1S/C16H22N2O/c19-16-7-9-17-8-5-15(16)6-10-18-14(16)11-12-3-1-2-4-13(12)15/h1-4,14,17-19H,5-11H2. The van der Waals surface area contributed by atoms with E-state index >= 15 is 0 Å². The maximum absolute atomic E-state index is 11.5. The van der Waals surface area contributed by atoms with E-state index < -0.39 is 5.60 Å². The molecule has 3 aliphatic rings. The zero-order valence-electron chi connectivity index (χ0n) is 11.3. The first-order valence-electron chi connectivity index (χ1n) is 7.51. The average molecular weight is 258 g/mol. The van der Waals surface area contributed by atoms with Crippen molar-refractivity contribution >= 4 is 0 Å². The molecule has 3 unspecified atom stereocenters. The number of fused-ring (bicyclic) bond motifs is 1. The summed E-state index contributed by atoms with van der Waals surface area (Å²) in [4.78, 5) is 0. The molecule has 2 saturated heterocycles. The van der Waals surface area contributed by atoms with Crippen LogP contribution in [0.25, 0.3) is 0 Å². The van der Waals surface area contributed by atoms with Crippen molar-refractivity contribution < 1.29 is 5.11 Å². The number of rotatable bonds is 0. The van der Waals surface area contributed by atoms with Gasteiger partial charge in [-0.3, -0.25) is 0 Å². The summed E-state index contributed by atoms with van der Waals surface area (Å²) in [5.41, 5.74) is 2.23. The summed E-state index contributed by atoms with van der Waals surface area (Å²) in [6.07, 6.45) is 3.94. The van der Waals surface area contributed by atoms with E-state index in [9.17, 15) is 5.11 Å². The minimum absolute atomic E-state index is 0.0404. The molecule has 0 aromatic heterocycles. The van der Waals surface area contributed by atoms with Gasteiger partial charge >= 0.3 is 0 Å². The fourth-order valence-corrected chi connectivity index (χ4v) is 4.77. The van der Waals surface area contributed by atoms with Crippen LogP contribution in [0.1, 0.15) is 30.4 Å². The van der Waals surface area contributed by atoms with Gasteiger partial charge in [-0.2, -0.15) is 0 Å². The number of aliphatic hydroxyl groups is 1. The molecule has 3 atom stereocenters. The number of hydrogen-bond donors (Lipinski definition) is 3. The number of nitrogens with one attached hydrogen (secondary N) is 2.